The van der Waals surface area contributed by atoms with Gasteiger partial charge >= 0.3 is 0 Å². The van der Waals surface area contributed by atoms with E-state index in [2.05, 4.69) is 44.9 Å². The average Bonchev–Trinajstić information content (AvgIpc) is 2.25. The van der Waals surface area contributed by atoms with E-state index in [4.69, 9.17) is 9.69 Å². The van der Waals surface area contributed by atoms with Gasteiger partial charge < -0.3 is 4.43 Å². The van der Waals surface area contributed by atoms with Gasteiger partial charge in [-0.15, -0.1) is 0 Å². The molecule has 92 valence electrons. The minimum absolute atomic E-state index is 0.183. The Balaban J connectivity index is 2.78. The van der Waals surface area contributed by atoms with E-state index >= 15 is 0 Å². The molecule has 0 unspecified atom stereocenters. The lowest BCUT2D eigenvalue weighted by Gasteiger charge is -2.36. The summed E-state index contributed by atoms with van der Waals surface area (Å²) in [5.74, 6) is 0. The van der Waals surface area contributed by atoms with Crippen molar-refractivity contribution < 1.29 is 4.43 Å². The molecule has 1 aromatic rings. The molecule has 0 saturated heterocycles. The summed E-state index contributed by atoms with van der Waals surface area (Å²) in [7, 11) is -1.76. The van der Waals surface area contributed by atoms with E-state index in [0.717, 1.165) is 5.56 Å². The molecular formula is C13H20N2OSi. The summed E-state index contributed by atoms with van der Waals surface area (Å²) in [4.78, 5) is 4.04. The molecule has 0 spiro atoms. The molecule has 4 heteroatoms. The molecule has 0 atom stereocenters. The lowest BCUT2D eigenvalue weighted by atomic mass is 10.2. The molecule has 1 rings (SSSR count). The van der Waals surface area contributed by atoms with Gasteiger partial charge in [-0.25, -0.2) is 0 Å². The van der Waals surface area contributed by atoms with Gasteiger partial charge in [0.15, 0.2) is 8.32 Å². The first-order valence-corrected chi connectivity index (χ1v) is 8.66. The molecule has 0 bridgehead atoms. The number of hydrogen-bond acceptors (Lipinski definition) is 3. The van der Waals surface area contributed by atoms with Crippen molar-refractivity contribution in [2.75, 3.05) is 0 Å². The van der Waals surface area contributed by atoms with Crippen LogP contribution in [0.25, 0.3) is 0 Å². The second-order valence-electron chi connectivity index (χ2n) is 5.69. The van der Waals surface area contributed by atoms with E-state index in [9.17, 15) is 0 Å². The lowest BCUT2D eigenvalue weighted by Crippen LogP contribution is -2.40. The van der Waals surface area contributed by atoms with Gasteiger partial charge in [0.2, 0.25) is 0 Å². The first kappa shape index (κ1) is 13.9. The predicted molar refractivity (Wildman–Crippen MR) is 70.9 cm³/mol. The summed E-state index contributed by atoms with van der Waals surface area (Å²) in [5, 5.41) is 9.17. The van der Waals surface area contributed by atoms with E-state index in [1.165, 1.54) is 0 Å². The van der Waals surface area contributed by atoms with E-state index < -0.39 is 8.32 Å². The van der Waals surface area contributed by atoms with Crippen molar-refractivity contribution in [3.8, 4) is 6.07 Å². The van der Waals surface area contributed by atoms with Gasteiger partial charge in [-0.2, -0.15) is 5.26 Å². The first-order valence-electron chi connectivity index (χ1n) is 5.75. The molecule has 0 radical (unpaired) electrons. The highest BCUT2D eigenvalue weighted by atomic mass is 28.4. The fourth-order valence-corrected chi connectivity index (χ4v) is 2.08. The standard InChI is InChI=1S/C13H20N2OSi/c1-13(2,3)17(4,5)16-10-12-9-15-7-6-11(12)8-14/h6-7,9H,10H2,1-5H3. The van der Waals surface area contributed by atoms with Crippen molar-refractivity contribution in [3.63, 3.8) is 0 Å². The maximum atomic E-state index is 8.99. The summed E-state index contributed by atoms with van der Waals surface area (Å²) in [6, 6.07) is 3.89. The third kappa shape index (κ3) is 3.38. The zero-order chi connectivity index (χ0) is 13.1. The van der Waals surface area contributed by atoms with Crippen molar-refractivity contribution in [2.24, 2.45) is 0 Å². The molecule has 1 heterocycles. The number of aromatic nitrogens is 1. The Morgan fingerprint density at radius 3 is 2.59 bits per heavy atom. The molecule has 0 saturated carbocycles. The van der Waals surface area contributed by atoms with Crippen LogP contribution in [0.1, 0.15) is 31.9 Å². The number of nitrogens with zero attached hydrogens (tertiary/aromatic N) is 2. The van der Waals surface area contributed by atoms with Crippen LogP contribution in [-0.4, -0.2) is 13.3 Å². The Kier molecular flexibility index (Phi) is 4.07. The zero-order valence-corrected chi connectivity index (χ0v) is 12.2. The fourth-order valence-electron chi connectivity index (χ4n) is 1.13. The number of rotatable bonds is 3. The average molecular weight is 248 g/mol. The van der Waals surface area contributed by atoms with Crippen LogP contribution in [-0.2, 0) is 11.0 Å². The number of hydrogen-bond donors (Lipinski definition) is 0. The topological polar surface area (TPSA) is 45.9 Å². The van der Waals surface area contributed by atoms with Crippen molar-refractivity contribution in [1.29, 1.82) is 5.26 Å². The first-order chi connectivity index (χ1) is 7.78. The SMILES string of the molecule is CC(C)(C)[Si](C)(C)OCc1cnccc1C#N. The Morgan fingerprint density at radius 2 is 2.06 bits per heavy atom. The number of pyridine rings is 1. The molecule has 0 aliphatic carbocycles. The van der Waals surface area contributed by atoms with Crippen molar-refractivity contribution >= 4 is 8.32 Å². The highest BCUT2D eigenvalue weighted by Crippen LogP contribution is 2.37. The van der Waals surface area contributed by atoms with Crippen LogP contribution < -0.4 is 0 Å². The van der Waals surface area contributed by atoms with Gasteiger partial charge in [0.05, 0.1) is 18.2 Å². The highest BCUT2D eigenvalue weighted by molar-refractivity contribution is 6.74. The monoisotopic (exact) mass is 248 g/mol. The molecule has 1 aromatic heterocycles. The summed E-state index contributed by atoms with van der Waals surface area (Å²) in [5.41, 5.74) is 1.53. The van der Waals surface area contributed by atoms with E-state index in [0.29, 0.717) is 12.2 Å². The van der Waals surface area contributed by atoms with E-state index in [1.807, 2.05) is 0 Å². The third-order valence-corrected chi connectivity index (χ3v) is 7.90. The smallest absolute Gasteiger partial charge is 0.192 e. The molecule has 0 amide bonds. The van der Waals surface area contributed by atoms with Gasteiger partial charge in [0.25, 0.3) is 0 Å². The Labute approximate surface area is 105 Å². The maximum Gasteiger partial charge on any atom is 0.192 e. The molecule has 17 heavy (non-hydrogen) atoms. The van der Waals surface area contributed by atoms with Crippen molar-refractivity contribution in [1.82, 2.24) is 4.98 Å². The van der Waals surface area contributed by atoms with Crippen LogP contribution in [0.2, 0.25) is 18.1 Å². The Bertz CT molecular complexity index is 430. The quantitative estimate of drug-likeness (QED) is 0.769. The van der Waals surface area contributed by atoms with Gasteiger partial charge in [0.1, 0.15) is 0 Å². The summed E-state index contributed by atoms with van der Waals surface area (Å²) < 4.78 is 6.07. The lowest BCUT2D eigenvalue weighted by molar-refractivity contribution is 0.275. The van der Waals surface area contributed by atoms with E-state index in [1.54, 1.807) is 18.5 Å². The van der Waals surface area contributed by atoms with Gasteiger partial charge in [-0.1, -0.05) is 20.8 Å². The van der Waals surface area contributed by atoms with Crippen molar-refractivity contribution in [2.45, 2.75) is 45.5 Å². The van der Waals surface area contributed by atoms with Crippen LogP contribution in [0.4, 0.5) is 0 Å². The fraction of sp³-hybridized carbons (Fsp3) is 0.538. The highest BCUT2D eigenvalue weighted by Gasteiger charge is 2.37. The van der Waals surface area contributed by atoms with E-state index in [-0.39, 0.29) is 5.04 Å². The van der Waals surface area contributed by atoms with Crippen LogP contribution >= 0.6 is 0 Å². The van der Waals surface area contributed by atoms with Crippen LogP contribution in [0.3, 0.4) is 0 Å². The molecule has 3 nitrogen and oxygen atoms in total. The van der Waals surface area contributed by atoms with Gasteiger partial charge in [0, 0.05) is 18.0 Å². The normalized spacial score (nSPS) is 12.2. The predicted octanol–water partition coefficient (Wildman–Crippen LogP) is 3.48. The largest absolute Gasteiger partial charge is 0.412 e. The van der Waals surface area contributed by atoms with Crippen LogP contribution in [0, 0.1) is 11.3 Å². The molecule has 0 fully saturated rings. The molecule has 0 aliphatic rings. The molecule has 0 aromatic carbocycles. The van der Waals surface area contributed by atoms with Gasteiger partial charge in [-0.3, -0.25) is 4.98 Å². The minimum Gasteiger partial charge on any atom is -0.412 e. The Hall–Kier alpha value is -1.18. The summed E-state index contributed by atoms with van der Waals surface area (Å²) in [6.45, 7) is 11.5. The minimum atomic E-state index is -1.76. The molecule has 0 N–H and O–H groups in total. The zero-order valence-electron chi connectivity index (χ0n) is 11.2. The Morgan fingerprint density at radius 1 is 1.41 bits per heavy atom. The second kappa shape index (κ2) is 4.99. The van der Waals surface area contributed by atoms with Gasteiger partial charge in [-0.05, 0) is 24.2 Å². The number of nitriles is 1. The second-order valence-corrected chi connectivity index (χ2v) is 10.5. The van der Waals surface area contributed by atoms with Crippen molar-refractivity contribution in [3.05, 3.63) is 29.6 Å². The molecular weight excluding hydrogens is 228 g/mol. The summed E-state index contributed by atoms with van der Waals surface area (Å²) in [6.07, 6.45) is 3.35. The molecule has 0 aliphatic heterocycles. The van der Waals surface area contributed by atoms with Crippen LogP contribution in [0.5, 0.6) is 0 Å². The van der Waals surface area contributed by atoms with Crippen LogP contribution in [0.15, 0.2) is 18.5 Å². The third-order valence-electron chi connectivity index (χ3n) is 3.42. The maximum absolute atomic E-state index is 8.99. The summed E-state index contributed by atoms with van der Waals surface area (Å²) >= 11 is 0.